The molecule has 0 fully saturated rings. The first-order valence-corrected chi connectivity index (χ1v) is 5.82. The molecule has 0 heterocycles. The summed E-state index contributed by atoms with van der Waals surface area (Å²) in [6, 6.07) is 7.70. The molecular formula is C12H17ClO2. The Labute approximate surface area is 96.2 Å². The normalized spacial score (nSPS) is 10.0. The molecule has 0 bridgehead atoms. The average molecular weight is 229 g/mol. The van der Waals surface area contributed by atoms with Gasteiger partial charge in [-0.15, -0.1) is 11.6 Å². The molecule has 0 saturated heterocycles. The Morgan fingerprint density at radius 1 is 1.13 bits per heavy atom. The van der Waals surface area contributed by atoms with Crippen LogP contribution in [0.15, 0.2) is 24.3 Å². The third-order valence-electron chi connectivity index (χ3n) is 1.91. The monoisotopic (exact) mass is 228 g/mol. The summed E-state index contributed by atoms with van der Waals surface area (Å²) in [4.78, 5) is 0. The van der Waals surface area contributed by atoms with E-state index in [4.69, 9.17) is 21.1 Å². The van der Waals surface area contributed by atoms with Gasteiger partial charge in [0, 0.05) is 11.9 Å². The van der Waals surface area contributed by atoms with Gasteiger partial charge in [-0.05, 0) is 31.9 Å². The smallest absolute Gasteiger partial charge is 0.122 e. The molecule has 0 unspecified atom stereocenters. The van der Waals surface area contributed by atoms with Crippen molar-refractivity contribution < 1.29 is 9.47 Å². The fraction of sp³-hybridized carbons (Fsp3) is 0.500. The molecule has 15 heavy (non-hydrogen) atoms. The van der Waals surface area contributed by atoms with Crippen molar-refractivity contribution >= 4 is 11.6 Å². The van der Waals surface area contributed by atoms with Crippen LogP contribution < -0.4 is 9.47 Å². The molecule has 0 amide bonds. The van der Waals surface area contributed by atoms with E-state index in [9.17, 15) is 0 Å². The first-order valence-electron chi connectivity index (χ1n) is 5.28. The summed E-state index contributed by atoms with van der Waals surface area (Å²) in [5, 5.41) is 0. The van der Waals surface area contributed by atoms with E-state index in [0.29, 0.717) is 19.1 Å². The summed E-state index contributed by atoms with van der Waals surface area (Å²) in [5.41, 5.74) is 0. The van der Waals surface area contributed by atoms with E-state index in [1.54, 1.807) is 0 Å². The first kappa shape index (κ1) is 12.2. The molecule has 0 aliphatic heterocycles. The van der Waals surface area contributed by atoms with Crippen molar-refractivity contribution in [3.8, 4) is 11.5 Å². The van der Waals surface area contributed by atoms with Crippen LogP contribution in [0.4, 0.5) is 0 Å². The second-order valence-electron chi connectivity index (χ2n) is 3.15. The molecule has 0 N–H and O–H groups in total. The number of rotatable bonds is 7. The standard InChI is InChI=1S/C12H17ClO2/c1-2-14-11-6-5-7-12(10-11)15-9-4-3-8-13/h5-7,10H,2-4,8-9H2,1H3. The van der Waals surface area contributed by atoms with Gasteiger partial charge < -0.3 is 9.47 Å². The van der Waals surface area contributed by atoms with Gasteiger partial charge in [0.1, 0.15) is 11.5 Å². The van der Waals surface area contributed by atoms with Crippen LogP contribution in [-0.2, 0) is 0 Å². The quantitative estimate of drug-likeness (QED) is 0.526. The zero-order valence-corrected chi connectivity index (χ0v) is 9.80. The van der Waals surface area contributed by atoms with Gasteiger partial charge in [-0.2, -0.15) is 0 Å². The number of unbranched alkanes of at least 4 members (excludes halogenated alkanes) is 1. The maximum Gasteiger partial charge on any atom is 0.122 e. The predicted octanol–water partition coefficient (Wildman–Crippen LogP) is 3.48. The van der Waals surface area contributed by atoms with Gasteiger partial charge in [0.15, 0.2) is 0 Å². The van der Waals surface area contributed by atoms with E-state index in [0.717, 1.165) is 24.3 Å². The molecule has 0 spiro atoms. The van der Waals surface area contributed by atoms with E-state index in [1.807, 2.05) is 31.2 Å². The number of hydrogen-bond donors (Lipinski definition) is 0. The lowest BCUT2D eigenvalue weighted by Crippen LogP contribution is -1.98. The highest BCUT2D eigenvalue weighted by atomic mass is 35.5. The van der Waals surface area contributed by atoms with E-state index in [2.05, 4.69) is 0 Å². The van der Waals surface area contributed by atoms with Gasteiger partial charge in [-0.3, -0.25) is 0 Å². The highest BCUT2D eigenvalue weighted by Crippen LogP contribution is 2.19. The zero-order chi connectivity index (χ0) is 10.9. The van der Waals surface area contributed by atoms with Crippen molar-refractivity contribution in [2.75, 3.05) is 19.1 Å². The Balaban J connectivity index is 2.36. The molecule has 1 aromatic rings. The zero-order valence-electron chi connectivity index (χ0n) is 9.04. The van der Waals surface area contributed by atoms with E-state index >= 15 is 0 Å². The van der Waals surface area contributed by atoms with Crippen LogP contribution in [0.1, 0.15) is 19.8 Å². The van der Waals surface area contributed by atoms with Crippen LogP contribution in [0.3, 0.4) is 0 Å². The molecule has 84 valence electrons. The molecule has 0 aliphatic rings. The molecule has 0 aliphatic carbocycles. The Bertz CT molecular complexity index is 276. The van der Waals surface area contributed by atoms with Crippen molar-refractivity contribution in [1.29, 1.82) is 0 Å². The van der Waals surface area contributed by atoms with E-state index < -0.39 is 0 Å². The summed E-state index contributed by atoms with van der Waals surface area (Å²) < 4.78 is 10.9. The van der Waals surface area contributed by atoms with Crippen molar-refractivity contribution in [2.45, 2.75) is 19.8 Å². The van der Waals surface area contributed by atoms with Gasteiger partial charge in [-0.25, -0.2) is 0 Å². The first-order chi connectivity index (χ1) is 7.36. The molecule has 1 rings (SSSR count). The minimum Gasteiger partial charge on any atom is -0.494 e. The number of halogens is 1. The Hall–Kier alpha value is -0.890. The molecule has 0 aromatic heterocycles. The second-order valence-corrected chi connectivity index (χ2v) is 3.53. The summed E-state index contributed by atoms with van der Waals surface area (Å²) in [5.74, 6) is 2.41. The minimum atomic E-state index is 0.676. The van der Waals surface area contributed by atoms with E-state index in [1.165, 1.54) is 0 Å². The largest absolute Gasteiger partial charge is 0.494 e. The third kappa shape index (κ3) is 4.93. The Kier molecular flexibility index (Phi) is 6.02. The van der Waals surface area contributed by atoms with Crippen LogP contribution in [0.2, 0.25) is 0 Å². The van der Waals surface area contributed by atoms with Gasteiger partial charge in [0.25, 0.3) is 0 Å². The van der Waals surface area contributed by atoms with Crippen molar-refractivity contribution in [1.82, 2.24) is 0 Å². The summed E-state index contributed by atoms with van der Waals surface area (Å²) >= 11 is 5.57. The van der Waals surface area contributed by atoms with Gasteiger partial charge >= 0.3 is 0 Å². The number of hydrogen-bond acceptors (Lipinski definition) is 2. The average Bonchev–Trinajstić information content (AvgIpc) is 2.26. The van der Waals surface area contributed by atoms with E-state index in [-0.39, 0.29) is 0 Å². The fourth-order valence-corrected chi connectivity index (χ4v) is 1.40. The molecule has 0 atom stereocenters. The molecule has 3 heteroatoms. The van der Waals surface area contributed by atoms with Crippen LogP contribution >= 0.6 is 11.6 Å². The summed E-state index contributed by atoms with van der Waals surface area (Å²) in [6.45, 7) is 3.35. The molecular weight excluding hydrogens is 212 g/mol. The molecule has 0 saturated carbocycles. The second kappa shape index (κ2) is 7.41. The predicted molar refractivity (Wildman–Crippen MR) is 63.1 cm³/mol. The minimum absolute atomic E-state index is 0.676. The number of benzene rings is 1. The van der Waals surface area contributed by atoms with Gasteiger partial charge in [-0.1, -0.05) is 6.07 Å². The number of alkyl halides is 1. The summed E-state index contributed by atoms with van der Waals surface area (Å²) in [6.07, 6.45) is 1.98. The van der Waals surface area contributed by atoms with Crippen LogP contribution in [0.5, 0.6) is 11.5 Å². The van der Waals surface area contributed by atoms with Crippen molar-refractivity contribution in [3.63, 3.8) is 0 Å². The maximum atomic E-state index is 5.57. The highest BCUT2D eigenvalue weighted by molar-refractivity contribution is 6.17. The van der Waals surface area contributed by atoms with Crippen LogP contribution in [0, 0.1) is 0 Å². The molecule has 0 radical (unpaired) electrons. The van der Waals surface area contributed by atoms with Crippen LogP contribution in [0.25, 0.3) is 0 Å². The summed E-state index contributed by atoms with van der Waals surface area (Å²) in [7, 11) is 0. The topological polar surface area (TPSA) is 18.5 Å². The molecule has 2 nitrogen and oxygen atoms in total. The lowest BCUT2D eigenvalue weighted by atomic mass is 10.3. The Morgan fingerprint density at radius 3 is 2.53 bits per heavy atom. The lowest BCUT2D eigenvalue weighted by Gasteiger charge is -2.07. The fourth-order valence-electron chi connectivity index (χ4n) is 1.21. The SMILES string of the molecule is CCOc1cccc(OCCCCCl)c1. The van der Waals surface area contributed by atoms with Gasteiger partial charge in [0.2, 0.25) is 0 Å². The molecule has 1 aromatic carbocycles. The van der Waals surface area contributed by atoms with Crippen molar-refractivity contribution in [3.05, 3.63) is 24.3 Å². The Morgan fingerprint density at radius 2 is 1.87 bits per heavy atom. The van der Waals surface area contributed by atoms with Gasteiger partial charge in [0.05, 0.1) is 13.2 Å². The highest BCUT2D eigenvalue weighted by Gasteiger charge is 1.96. The maximum absolute atomic E-state index is 5.57. The lowest BCUT2D eigenvalue weighted by molar-refractivity contribution is 0.303. The van der Waals surface area contributed by atoms with Crippen LogP contribution in [-0.4, -0.2) is 19.1 Å². The van der Waals surface area contributed by atoms with Crippen molar-refractivity contribution in [2.24, 2.45) is 0 Å². The third-order valence-corrected chi connectivity index (χ3v) is 2.18. The number of ether oxygens (including phenoxy) is 2.